The van der Waals surface area contributed by atoms with Gasteiger partial charge in [0.2, 0.25) is 0 Å². The van der Waals surface area contributed by atoms with Crippen molar-refractivity contribution in [3.05, 3.63) is 64.6 Å². The number of benzene rings is 2. The fourth-order valence-electron chi connectivity index (χ4n) is 3.27. The highest BCUT2D eigenvalue weighted by Gasteiger charge is 2.19. The fraction of sp³-hybridized carbons (Fsp3) is 0.250. The molecule has 0 aromatic heterocycles. The minimum atomic E-state index is 0.133. The second-order valence-corrected chi connectivity index (χ2v) is 7.20. The summed E-state index contributed by atoms with van der Waals surface area (Å²) in [5.41, 5.74) is 14.2. The van der Waals surface area contributed by atoms with Crippen molar-refractivity contribution in [3.8, 4) is 11.1 Å². The molecule has 0 spiro atoms. The number of hydrogen-bond donors (Lipinski definition) is 2. The van der Waals surface area contributed by atoms with Gasteiger partial charge in [0.25, 0.3) is 0 Å². The maximum absolute atomic E-state index is 5.13. The molecule has 2 aromatic carbocycles. The Morgan fingerprint density at radius 2 is 1.96 bits per heavy atom. The first-order valence-corrected chi connectivity index (χ1v) is 9.29. The van der Waals surface area contributed by atoms with Crippen LogP contribution in [0.15, 0.2) is 52.9 Å². The minimum Gasteiger partial charge on any atom is -0.382 e. The zero-order valence-electron chi connectivity index (χ0n) is 14.4. The van der Waals surface area contributed by atoms with Crippen molar-refractivity contribution in [2.45, 2.75) is 19.4 Å². The number of hydrogen-bond acceptors (Lipinski definition) is 4. The zero-order chi connectivity index (χ0) is 17.2. The van der Waals surface area contributed by atoms with Crippen molar-refractivity contribution >= 4 is 22.6 Å². The van der Waals surface area contributed by atoms with Crippen LogP contribution >= 0.6 is 11.8 Å². The molecule has 128 valence electrons. The lowest BCUT2D eigenvalue weighted by molar-refractivity contribution is 0.186. The third-order valence-electron chi connectivity index (χ3n) is 4.45. The van der Waals surface area contributed by atoms with Crippen molar-refractivity contribution in [2.24, 2.45) is 4.99 Å². The maximum Gasteiger partial charge on any atom is 0.180 e. The average molecular weight is 351 g/mol. The number of amidine groups is 1. The normalized spacial score (nSPS) is 18.0. The topological polar surface area (TPSA) is 45.6 Å². The molecule has 4 nitrogen and oxygen atoms in total. The van der Waals surface area contributed by atoms with E-state index < -0.39 is 0 Å². The van der Waals surface area contributed by atoms with Crippen LogP contribution in [0.3, 0.4) is 0 Å². The summed E-state index contributed by atoms with van der Waals surface area (Å²) in [5.74, 6) is 0. The van der Waals surface area contributed by atoms with Crippen LogP contribution in [-0.4, -0.2) is 24.9 Å². The number of nitrogens with one attached hydrogen (secondary N) is 2. The fourth-order valence-corrected chi connectivity index (χ4v) is 4.04. The molecule has 0 bridgehead atoms. The first kappa shape index (κ1) is 16.2. The first-order chi connectivity index (χ1) is 12.2. The number of hydrazine groups is 1. The number of nitrogens with zero attached hydrogens (tertiary/aromatic N) is 1. The molecule has 2 aliphatic rings. The molecule has 0 unspecified atom stereocenters. The maximum atomic E-state index is 5.13. The van der Waals surface area contributed by atoms with E-state index in [1.54, 1.807) is 18.9 Å². The summed E-state index contributed by atoms with van der Waals surface area (Å²) < 4.78 is 5.13. The molecule has 0 fully saturated rings. The molecule has 5 heteroatoms. The number of methoxy groups -OCH3 is 1. The van der Waals surface area contributed by atoms with Crippen LogP contribution in [0.5, 0.6) is 0 Å². The molecule has 0 saturated heterocycles. The lowest BCUT2D eigenvalue weighted by Crippen LogP contribution is -2.37. The van der Waals surface area contributed by atoms with E-state index in [2.05, 4.69) is 63.7 Å². The summed E-state index contributed by atoms with van der Waals surface area (Å²) >= 11 is 1.60. The first-order valence-electron chi connectivity index (χ1n) is 8.42. The molecule has 0 saturated carbocycles. The van der Waals surface area contributed by atoms with Gasteiger partial charge in [-0.25, -0.2) is 0 Å². The van der Waals surface area contributed by atoms with Gasteiger partial charge in [0.15, 0.2) is 5.17 Å². The number of rotatable bonds is 4. The molecule has 1 heterocycles. The van der Waals surface area contributed by atoms with Crippen molar-refractivity contribution < 1.29 is 4.74 Å². The Morgan fingerprint density at radius 1 is 1.12 bits per heavy atom. The highest BCUT2D eigenvalue weighted by atomic mass is 32.2. The Bertz CT molecular complexity index is 860. The molecular formula is C20H21N3OS. The van der Waals surface area contributed by atoms with Crippen molar-refractivity contribution in [3.63, 3.8) is 0 Å². The average Bonchev–Trinajstić information content (AvgIpc) is 3.00. The van der Waals surface area contributed by atoms with Gasteiger partial charge in [0, 0.05) is 18.1 Å². The Kier molecular flexibility index (Phi) is 4.51. The standard InChI is InChI=1S/C20H21N3OS/c1-13(11-24-2)21-20-23-22-19(12-25-20)16-8-7-15-9-14-5-3-4-6-17(14)18(15)10-16/h3-8,10,12-13,22H,9,11H2,1-2H3,(H,21,23)/t13-/m1/s1. The van der Waals surface area contributed by atoms with E-state index in [0.717, 1.165) is 17.3 Å². The van der Waals surface area contributed by atoms with Crippen LogP contribution in [0.25, 0.3) is 16.8 Å². The smallest absolute Gasteiger partial charge is 0.180 e. The lowest BCUT2D eigenvalue weighted by atomic mass is 10.0. The van der Waals surface area contributed by atoms with E-state index in [1.807, 2.05) is 6.92 Å². The number of thioether (sulfide) groups is 1. The van der Waals surface area contributed by atoms with E-state index in [-0.39, 0.29) is 6.04 Å². The van der Waals surface area contributed by atoms with Crippen LogP contribution in [-0.2, 0) is 11.2 Å². The Morgan fingerprint density at radius 3 is 2.76 bits per heavy atom. The van der Waals surface area contributed by atoms with Crippen LogP contribution < -0.4 is 10.9 Å². The highest BCUT2D eigenvalue weighted by molar-refractivity contribution is 8.16. The molecule has 0 radical (unpaired) electrons. The summed E-state index contributed by atoms with van der Waals surface area (Å²) in [6.07, 6.45) is 1.03. The summed E-state index contributed by atoms with van der Waals surface area (Å²) in [5, 5.41) is 2.97. The molecule has 0 amide bonds. The summed E-state index contributed by atoms with van der Waals surface area (Å²) in [6.45, 7) is 2.66. The van der Waals surface area contributed by atoms with E-state index >= 15 is 0 Å². The third-order valence-corrected chi connectivity index (χ3v) is 5.23. The van der Waals surface area contributed by atoms with Crippen molar-refractivity contribution in [1.82, 2.24) is 10.9 Å². The van der Waals surface area contributed by atoms with Crippen LogP contribution in [0, 0.1) is 0 Å². The Labute approximate surface area is 152 Å². The Hall–Kier alpha value is -2.24. The quantitative estimate of drug-likeness (QED) is 0.751. The Balaban J connectivity index is 1.56. The van der Waals surface area contributed by atoms with Gasteiger partial charge < -0.3 is 4.74 Å². The van der Waals surface area contributed by atoms with E-state index in [0.29, 0.717) is 6.61 Å². The largest absolute Gasteiger partial charge is 0.382 e. The zero-order valence-corrected chi connectivity index (χ0v) is 15.2. The molecule has 2 aromatic rings. The lowest BCUT2D eigenvalue weighted by Gasteiger charge is -2.20. The van der Waals surface area contributed by atoms with Gasteiger partial charge in [-0.15, -0.1) is 0 Å². The van der Waals surface area contributed by atoms with E-state index in [4.69, 9.17) is 4.74 Å². The van der Waals surface area contributed by atoms with Gasteiger partial charge in [-0.1, -0.05) is 48.2 Å². The van der Waals surface area contributed by atoms with Gasteiger partial charge >= 0.3 is 0 Å². The number of fused-ring (bicyclic) bond motifs is 3. The minimum absolute atomic E-state index is 0.133. The predicted molar refractivity (Wildman–Crippen MR) is 105 cm³/mol. The molecule has 4 rings (SSSR count). The molecule has 1 atom stereocenters. The van der Waals surface area contributed by atoms with Crippen LogP contribution in [0.1, 0.15) is 23.6 Å². The van der Waals surface area contributed by atoms with Crippen LogP contribution in [0.4, 0.5) is 0 Å². The number of ether oxygens (including phenoxy) is 1. The van der Waals surface area contributed by atoms with Gasteiger partial charge in [-0.3, -0.25) is 15.8 Å². The molecular weight excluding hydrogens is 330 g/mol. The highest BCUT2D eigenvalue weighted by Crippen LogP contribution is 2.38. The second kappa shape index (κ2) is 6.94. The monoisotopic (exact) mass is 351 g/mol. The van der Waals surface area contributed by atoms with Crippen LogP contribution in [0.2, 0.25) is 0 Å². The van der Waals surface area contributed by atoms with Crippen molar-refractivity contribution in [2.75, 3.05) is 13.7 Å². The van der Waals surface area contributed by atoms with E-state index in [9.17, 15) is 0 Å². The molecule has 25 heavy (non-hydrogen) atoms. The van der Waals surface area contributed by atoms with Gasteiger partial charge in [0.1, 0.15) is 0 Å². The van der Waals surface area contributed by atoms with Crippen molar-refractivity contribution in [1.29, 1.82) is 0 Å². The van der Waals surface area contributed by atoms with Gasteiger partial charge in [-0.05, 0) is 41.7 Å². The molecule has 1 aliphatic carbocycles. The molecule has 2 N–H and O–H groups in total. The van der Waals surface area contributed by atoms with Gasteiger partial charge in [0.05, 0.1) is 18.3 Å². The summed E-state index contributed by atoms with van der Waals surface area (Å²) in [6, 6.07) is 15.5. The van der Waals surface area contributed by atoms with Gasteiger partial charge in [-0.2, -0.15) is 0 Å². The SMILES string of the molecule is COC[C@@H](C)N=C1NNC(c2ccc3c(c2)-c2ccccc2C3)=CS1. The third kappa shape index (κ3) is 3.30. The number of aliphatic imine (C=N–C) groups is 1. The summed E-state index contributed by atoms with van der Waals surface area (Å²) in [7, 11) is 1.69. The summed E-state index contributed by atoms with van der Waals surface area (Å²) in [4.78, 5) is 4.58. The predicted octanol–water partition coefficient (Wildman–Crippen LogP) is 3.79. The molecule has 1 aliphatic heterocycles. The second-order valence-electron chi connectivity index (χ2n) is 6.34. The van der Waals surface area contributed by atoms with E-state index in [1.165, 1.54) is 27.8 Å².